The van der Waals surface area contributed by atoms with Crippen molar-refractivity contribution < 1.29 is 9.53 Å². The van der Waals surface area contributed by atoms with E-state index in [-0.39, 0.29) is 29.9 Å². The van der Waals surface area contributed by atoms with Crippen LogP contribution in [-0.2, 0) is 9.53 Å². The number of hydrogen-bond donors (Lipinski definition) is 2. The second kappa shape index (κ2) is 12.8. The number of amides is 1. The van der Waals surface area contributed by atoms with Gasteiger partial charge in [0.1, 0.15) is 0 Å². The van der Waals surface area contributed by atoms with Crippen molar-refractivity contribution in [1.29, 1.82) is 0 Å². The molecule has 2 rings (SSSR count). The van der Waals surface area contributed by atoms with Gasteiger partial charge in [0.05, 0.1) is 12.2 Å². The summed E-state index contributed by atoms with van der Waals surface area (Å²) in [5.41, 5.74) is 0. The van der Waals surface area contributed by atoms with Gasteiger partial charge in [-0.05, 0) is 39.0 Å². The van der Waals surface area contributed by atoms with Crippen LogP contribution in [0.25, 0.3) is 0 Å². The Morgan fingerprint density at radius 2 is 1.81 bits per heavy atom. The van der Waals surface area contributed by atoms with Crippen LogP contribution in [0.15, 0.2) is 4.99 Å². The zero-order chi connectivity index (χ0) is 18.9. The molecule has 2 aliphatic heterocycles. The molecular formula is C19H38IN5O2. The summed E-state index contributed by atoms with van der Waals surface area (Å²) in [5, 5.41) is 6.23. The van der Waals surface area contributed by atoms with Crippen LogP contribution >= 0.6 is 24.0 Å². The molecule has 2 atom stereocenters. The second-order valence-electron chi connectivity index (χ2n) is 7.65. The summed E-state index contributed by atoms with van der Waals surface area (Å²) in [6.07, 6.45) is 4.51. The van der Waals surface area contributed by atoms with Gasteiger partial charge in [0, 0.05) is 59.8 Å². The van der Waals surface area contributed by atoms with Gasteiger partial charge < -0.3 is 20.3 Å². The lowest BCUT2D eigenvalue weighted by atomic mass is 9.93. The minimum absolute atomic E-state index is 0. The van der Waals surface area contributed by atoms with Gasteiger partial charge in [-0.1, -0.05) is 0 Å². The molecule has 2 unspecified atom stereocenters. The number of likely N-dealkylation sites (tertiary alicyclic amines) is 1. The molecule has 7 nitrogen and oxygen atoms in total. The molecule has 0 saturated carbocycles. The summed E-state index contributed by atoms with van der Waals surface area (Å²) in [7, 11) is 3.56. The third-order valence-electron chi connectivity index (χ3n) is 5.31. The van der Waals surface area contributed by atoms with Gasteiger partial charge in [-0.2, -0.15) is 0 Å². The molecule has 0 spiro atoms. The number of rotatable bonds is 6. The van der Waals surface area contributed by atoms with E-state index < -0.39 is 0 Å². The molecule has 2 heterocycles. The summed E-state index contributed by atoms with van der Waals surface area (Å²) in [4.78, 5) is 20.8. The van der Waals surface area contributed by atoms with E-state index in [1.807, 2.05) is 7.05 Å². The van der Waals surface area contributed by atoms with Crippen LogP contribution in [0.4, 0.5) is 0 Å². The highest BCUT2D eigenvalue weighted by Gasteiger charge is 2.23. The van der Waals surface area contributed by atoms with Crippen LogP contribution < -0.4 is 10.6 Å². The number of aliphatic imine (C=N–C) groups is 1. The van der Waals surface area contributed by atoms with Crippen molar-refractivity contribution in [1.82, 2.24) is 20.4 Å². The number of morpholine rings is 1. The van der Waals surface area contributed by atoms with E-state index in [4.69, 9.17) is 4.74 Å². The first-order valence-electron chi connectivity index (χ1n) is 10.1. The summed E-state index contributed by atoms with van der Waals surface area (Å²) in [6, 6.07) is 0. The molecule has 158 valence electrons. The van der Waals surface area contributed by atoms with Gasteiger partial charge in [0.15, 0.2) is 5.96 Å². The Hall–Kier alpha value is -0.610. The van der Waals surface area contributed by atoms with Crippen molar-refractivity contribution >= 4 is 35.8 Å². The third kappa shape index (κ3) is 8.51. The number of guanidine groups is 1. The number of carbonyl (C=O) groups is 1. The minimum Gasteiger partial charge on any atom is -0.373 e. The fourth-order valence-electron chi connectivity index (χ4n) is 4.02. The van der Waals surface area contributed by atoms with E-state index >= 15 is 0 Å². The van der Waals surface area contributed by atoms with Gasteiger partial charge in [0.2, 0.25) is 5.91 Å². The van der Waals surface area contributed by atoms with Crippen LogP contribution in [0.1, 0.15) is 39.5 Å². The molecule has 2 N–H and O–H groups in total. The van der Waals surface area contributed by atoms with E-state index in [1.165, 1.54) is 0 Å². The predicted octanol–water partition coefficient (Wildman–Crippen LogP) is 1.53. The Labute approximate surface area is 181 Å². The second-order valence-corrected chi connectivity index (χ2v) is 7.65. The molecule has 2 fully saturated rings. The fourth-order valence-corrected chi connectivity index (χ4v) is 4.02. The Kier molecular flexibility index (Phi) is 11.6. The average molecular weight is 495 g/mol. The Morgan fingerprint density at radius 1 is 1.19 bits per heavy atom. The van der Waals surface area contributed by atoms with Crippen LogP contribution in [0.2, 0.25) is 0 Å². The minimum atomic E-state index is 0. The van der Waals surface area contributed by atoms with E-state index in [1.54, 1.807) is 7.05 Å². The summed E-state index contributed by atoms with van der Waals surface area (Å²) in [6.45, 7) is 10.3. The van der Waals surface area contributed by atoms with E-state index in [2.05, 4.69) is 39.3 Å². The highest BCUT2D eigenvalue weighted by atomic mass is 127. The van der Waals surface area contributed by atoms with Crippen LogP contribution in [0.5, 0.6) is 0 Å². The topological polar surface area (TPSA) is 69.2 Å². The fraction of sp³-hybridized carbons (Fsp3) is 0.895. The SMILES string of the molecule is CN=C(NCCCN1CC(C)OC(C)C1)N1CCC(CC(=O)NC)CC1.I. The van der Waals surface area contributed by atoms with E-state index in [0.29, 0.717) is 24.5 Å². The monoisotopic (exact) mass is 495 g/mol. The number of hydrogen-bond acceptors (Lipinski definition) is 4. The summed E-state index contributed by atoms with van der Waals surface area (Å²) >= 11 is 0. The molecule has 0 aromatic heterocycles. The molecule has 0 aromatic carbocycles. The number of nitrogens with zero attached hydrogens (tertiary/aromatic N) is 3. The van der Waals surface area contributed by atoms with Crippen LogP contribution in [0.3, 0.4) is 0 Å². The normalized spacial score (nSPS) is 25.0. The van der Waals surface area contributed by atoms with Crippen molar-refractivity contribution in [2.75, 3.05) is 53.4 Å². The molecule has 27 heavy (non-hydrogen) atoms. The van der Waals surface area contributed by atoms with Crippen molar-refractivity contribution in [2.24, 2.45) is 10.9 Å². The van der Waals surface area contributed by atoms with Gasteiger partial charge in [-0.25, -0.2) is 0 Å². The third-order valence-corrected chi connectivity index (χ3v) is 5.31. The molecule has 0 bridgehead atoms. The number of piperidine rings is 1. The quantitative estimate of drug-likeness (QED) is 0.253. The lowest BCUT2D eigenvalue weighted by molar-refractivity contribution is -0.121. The van der Waals surface area contributed by atoms with Gasteiger partial charge in [-0.3, -0.25) is 14.7 Å². The lowest BCUT2D eigenvalue weighted by Gasteiger charge is -2.36. The van der Waals surface area contributed by atoms with Crippen molar-refractivity contribution in [3.05, 3.63) is 0 Å². The lowest BCUT2D eigenvalue weighted by Crippen LogP contribution is -2.48. The van der Waals surface area contributed by atoms with E-state index in [9.17, 15) is 4.79 Å². The maximum absolute atomic E-state index is 11.5. The van der Waals surface area contributed by atoms with Crippen molar-refractivity contribution in [2.45, 2.75) is 51.7 Å². The Bertz CT molecular complexity index is 459. The molecule has 1 amide bonds. The highest BCUT2D eigenvalue weighted by Crippen LogP contribution is 2.20. The number of carbonyl (C=O) groups excluding carboxylic acids is 1. The number of halogens is 1. The first kappa shape index (κ1) is 24.4. The van der Waals surface area contributed by atoms with Crippen LogP contribution in [-0.4, -0.2) is 87.2 Å². The van der Waals surface area contributed by atoms with E-state index in [0.717, 1.165) is 64.5 Å². The molecule has 8 heteroatoms. The number of nitrogens with one attached hydrogen (secondary N) is 2. The Morgan fingerprint density at radius 3 is 2.37 bits per heavy atom. The van der Waals surface area contributed by atoms with Gasteiger partial charge in [-0.15, -0.1) is 24.0 Å². The van der Waals surface area contributed by atoms with Gasteiger partial charge >= 0.3 is 0 Å². The highest BCUT2D eigenvalue weighted by molar-refractivity contribution is 14.0. The maximum Gasteiger partial charge on any atom is 0.220 e. The Balaban J connectivity index is 0.00000364. The average Bonchev–Trinajstić information content (AvgIpc) is 2.62. The molecule has 0 aliphatic carbocycles. The maximum atomic E-state index is 11.5. The summed E-state index contributed by atoms with van der Waals surface area (Å²) in [5.74, 6) is 1.64. The molecule has 2 saturated heterocycles. The van der Waals surface area contributed by atoms with Crippen LogP contribution in [0, 0.1) is 5.92 Å². The first-order valence-corrected chi connectivity index (χ1v) is 10.1. The predicted molar refractivity (Wildman–Crippen MR) is 121 cm³/mol. The first-order chi connectivity index (χ1) is 12.5. The molecule has 0 radical (unpaired) electrons. The number of ether oxygens (including phenoxy) is 1. The molecule has 0 aromatic rings. The zero-order valence-corrected chi connectivity index (χ0v) is 19.7. The largest absolute Gasteiger partial charge is 0.373 e. The summed E-state index contributed by atoms with van der Waals surface area (Å²) < 4.78 is 5.79. The zero-order valence-electron chi connectivity index (χ0n) is 17.4. The molecular weight excluding hydrogens is 457 g/mol. The molecule has 2 aliphatic rings. The van der Waals surface area contributed by atoms with Crippen molar-refractivity contribution in [3.63, 3.8) is 0 Å². The standard InChI is InChI=1S/C19H37N5O2.HI/c1-15-13-23(14-16(2)26-15)9-5-8-22-19(21-4)24-10-6-17(7-11-24)12-18(25)20-3;/h15-17H,5-14H2,1-4H3,(H,20,25)(H,21,22);1H. The smallest absolute Gasteiger partial charge is 0.220 e. The van der Waals surface area contributed by atoms with Gasteiger partial charge in [0.25, 0.3) is 0 Å². The van der Waals surface area contributed by atoms with Crippen molar-refractivity contribution in [3.8, 4) is 0 Å².